The van der Waals surface area contributed by atoms with Gasteiger partial charge in [0.15, 0.2) is 11.8 Å². The van der Waals surface area contributed by atoms with Gasteiger partial charge < -0.3 is 0 Å². The number of aromatic nitrogens is 1. The van der Waals surface area contributed by atoms with Gasteiger partial charge in [-0.2, -0.15) is 4.58 Å². The molecule has 0 spiro atoms. The summed E-state index contributed by atoms with van der Waals surface area (Å²) in [5, 5.41) is 0. The van der Waals surface area contributed by atoms with Crippen LogP contribution in [-0.2, 0) is 9.59 Å². The van der Waals surface area contributed by atoms with E-state index in [9.17, 15) is 9.59 Å². The molecular weight excluding hydrogens is 266 g/mol. The molecule has 106 valence electrons. The number of hydrogen-bond donors (Lipinski definition) is 0. The van der Waals surface area contributed by atoms with Crippen molar-refractivity contribution in [3.05, 3.63) is 36.5 Å². The van der Waals surface area contributed by atoms with Crippen LogP contribution < -0.4 is 0 Å². The van der Waals surface area contributed by atoms with E-state index >= 15 is 0 Å². The smallest absolute Gasteiger partial charge is 0.296 e. The van der Waals surface area contributed by atoms with Gasteiger partial charge in [0.25, 0.3) is 0 Å². The first kappa shape index (κ1) is 13.5. The maximum atomic E-state index is 12.7. The second-order valence-corrected chi connectivity index (χ2v) is 5.09. The van der Waals surface area contributed by atoms with Crippen LogP contribution in [0.3, 0.4) is 0 Å². The monoisotopic (exact) mass is 282 g/mol. The molecular formula is C16H16N3O2+. The lowest BCUT2D eigenvalue weighted by atomic mass is 9.86. The van der Waals surface area contributed by atoms with Gasteiger partial charge in [0.2, 0.25) is 0 Å². The van der Waals surface area contributed by atoms with E-state index in [4.69, 9.17) is 0 Å². The maximum Gasteiger partial charge on any atom is 0.330 e. The van der Waals surface area contributed by atoms with Gasteiger partial charge in [-0.05, 0) is 29.6 Å². The number of Topliss-reactive ketones (excluding diaryl/α,β-unsaturated/α-hetero) is 1. The first-order valence-electron chi connectivity index (χ1n) is 7.09. The number of pyridine rings is 1. The van der Waals surface area contributed by atoms with Crippen molar-refractivity contribution >= 4 is 29.4 Å². The molecule has 0 saturated carbocycles. The summed E-state index contributed by atoms with van der Waals surface area (Å²) in [5.41, 5.74) is 0.596. The minimum absolute atomic E-state index is 0.107. The molecule has 1 amide bonds. The zero-order valence-corrected chi connectivity index (χ0v) is 11.8. The van der Waals surface area contributed by atoms with E-state index in [2.05, 4.69) is 9.98 Å². The number of ketones is 1. The summed E-state index contributed by atoms with van der Waals surface area (Å²) in [5.74, 6) is -0.398. The number of carbonyl (C=O) groups excluding carboxylic acids is 2. The maximum absolute atomic E-state index is 12.7. The summed E-state index contributed by atoms with van der Waals surface area (Å²) in [6, 6.07) is 4.80. The SMILES string of the molecule is CCC[C@@H]1C(=O)[C@@H]2N=CC=CC2=[N+](c2ccccn2)C1=O. The van der Waals surface area contributed by atoms with Gasteiger partial charge >= 0.3 is 11.7 Å². The predicted octanol–water partition coefficient (Wildman–Crippen LogP) is 1.70. The Bertz CT molecular complexity index is 674. The van der Waals surface area contributed by atoms with Gasteiger partial charge in [0.05, 0.1) is 0 Å². The van der Waals surface area contributed by atoms with Gasteiger partial charge in [-0.25, -0.2) is 4.79 Å². The Hall–Kier alpha value is -2.43. The van der Waals surface area contributed by atoms with E-state index in [0.29, 0.717) is 18.0 Å². The van der Waals surface area contributed by atoms with Crippen molar-refractivity contribution in [1.82, 2.24) is 4.98 Å². The largest absolute Gasteiger partial charge is 0.330 e. The Kier molecular flexibility index (Phi) is 3.56. The van der Waals surface area contributed by atoms with Crippen molar-refractivity contribution in [2.75, 3.05) is 0 Å². The predicted molar refractivity (Wildman–Crippen MR) is 79.0 cm³/mol. The Balaban J connectivity index is 2.17. The molecule has 0 fully saturated rings. The zero-order valence-electron chi connectivity index (χ0n) is 11.8. The Morgan fingerprint density at radius 2 is 2.14 bits per heavy atom. The van der Waals surface area contributed by atoms with Crippen LogP contribution >= 0.6 is 0 Å². The van der Waals surface area contributed by atoms with Crippen molar-refractivity contribution in [2.45, 2.75) is 25.8 Å². The second kappa shape index (κ2) is 5.52. The number of nitrogens with zero attached hydrogens (tertiary/aromatic N) is 3. The molecule has 0 aliphatic carbocycles. The van der Waals surface area contributed by atoms with Crippen molar-refractivity contribution in [2.24, 2.45) is 10.9 Å². The third kappa shape index (κ3) is 2.24. The zero-order chi connectivity index (χ0) is 14.8. The second-order valence-electron chi connectivity index (χ2n) is 5.09. The van der Waals surface area contributed by atoms with Crippen molar-refractivity contribution in [1.29, 1.82) is 0 Å². The molecule has 2 aliphatic heterocycles. The number of amides is 1. The number of rotatable bonds is 3. The molecule has 3 heterocycles. The van der Waals surface area contributed by atoms with Crippen LogP contribution in [0.5, 0.6) is 0 Å². The lowest BCUT2D eigenvalue weighted by Gasteiger charge is -2.25. The fourth-order valence-corrected chi connectivity index (χ4v) is 2.74. The molecule has 0 radical (unpaired) electrons. The van der Waals surface area contributed by atoms with E-state index in [1.807, 2.05) is 13.0 Å². The van der Waals surface area contributed by atoms with E-state index < -0.39 is 12.0 Å². The summed E-state index contributed by atoms with van der Waals surface area (Å²) in [6.45, 7) is 1.97. The lowest BCUT2D eigenvalue weighted by Crippen LogP contribution is -2.50. The molecule has 1 aromatic heterocycles. The van der Waals surface area contributed by atoms with Gasteiger partial charge in [0, 0.05) is 12.3 Å². The highest BCUT2D eigenvalue weighted by Gasteiger charge is 2.46. The van der Waals surface area contributed by atoms with Crippen LogP contribution in [0, 0.1) is 5.92 Å². The van der Waals surface area contributed by atoms with Crippen molar-refractivity contribution in [3.63, 3.8) is 0 Å². The number of hydrogen-bond acceptors (Lipinski definition) is 4. The summed E-state index contributed by atoms with van der Waals surface area (Å²) in [7, 11) is 0. The van der Waals surface area contributed by atoms with Gasteiger partial charge in [0.1, 0.15) is 17.8 Å². The standard InChI is InChI=1S/C16H16N3O2/c1-2-6-11-15(20)14-12(7-5-10-18-14)19(16(11)21)13-8-3-4-9-17-13/h3-5,7-11,14H,2,6H2,1H3/q+1/t11-,14-/m1/s1. The summed E-state index contributed by atoms with van der Waals surface area (Å²) < 4.78 is 1.54. The molecule has 0 bridgehead atoms. The third-order valence-corrected chi connectivity index (χ3v) is 3.71. The lowest BCUT2D eigenvalue weighted by molar-refractivity contribution is -0.378. The number of allylic oxidation sites excluding steroid dienone is 1. The fraction of sp³-hybridized carbons (Fsp3) is 0.312. The molecule has 5 heteroatoms. The van der Waals surface area contributed by atoms with Crippen LogP contribution in [0.25, 0.3) is 0 Å². The van der Waals surface area contributed by atoms with Crippen LogP contribution in [0.15, 0.2) is 41.5 Å². The Morgan fingerprint density at radius 1 is 1.29 bits per heavy atom. The van der Waals surface area contributed by atoms with E-state index in [0.717, 1.165) is 6.42 Å². The van der Waals surface area contributed by atoms with Crippen LogP contribution in [-0.4, -0.2) is 39.2 Å². The van der Waals surface area contributed by atoms with Crippen molar-refractivity contribution < 1.29 is 14.2 Å². The van der Waals surface area contributed by atoms with Gasteiger partial charge in [-0.3, -0.25) is 9.79 Å². The number of carbonyl (C=O) groups is 2. The fourth-order valence-electron chi connectivity index (χ4n) is 2.74. The topological polar surface area (TPSA) is 62.4 Å². The molecule has 5 nitrogen and oxygen atoms in total. The molecule has 3 rings (SSSR count). The van der Waals surface area contributed by atoms with Crippen LogP contribution in [0.2, 0.25) is 0 Å². The van der Waals surface area contributed by atoms with Gasteiger partial charge in [-0.15, -0.1) is 0 Å². The normalized spacial score (nSPS) is 24.4. The first-order chi connectivity index (χ1) is 10.2. The molecule has 2 aliphatic rings. The highest BCUT2D eigenvalue weighted by molar-refractivity contribution is 6.23. The third-order valence-electron chi connectivity index (χ3n) is 3.71. The van der Waals surface area contributed by atoms with E-state index in [1.54, 1.807) is 41.3 Å². The van der Waals surface area contributed by atoms with Gasteiger partial charge in [-0.1, -0.05) is 19.4 Å². The molecule has 0 saturated heterocycles. The summed E-state index contributed by atoms with van der Waals surface area (Å²) >= 11 is 0. The van der Waals surface area contributed by atoms with E-state index in [1.165, 1.54) is 0 Å². The molecule has 2 atom stereocenters. The first-order valence-corrected chi connectivity index (χ1v) is 7.09. The molecule has 0 aromatic carbocycles. The highest BCUT2D eigenvalue weighted by atomic mass is 16.2. The molecule has 21 heavy (non-hydrogen) atoms. The molecule has 1 aromatic rings. The number of aliphatic imine (C=N–C) groups is 1. The molecule has 0 unspecified atom stereocenters. The number of dihydropyridines is 1. The highest BCUT2D eigenvalue weighted by Crippen LogP contribution is 2.25. The minimum atomic E-state index is -0.630. The number of fused-ring (bicyclic) bond motifs is 1. The average Bonchev–Trinajstić information content (AvgIpc) is 2.53. The summed E-state index contributed by atoms with van der Waals surface area (Å²) in [6.07, 6.45) is 8.08. The minimum Gasteiger partial charge on any atom is -0.296 e. The summed E-state index contributed by atoms with van der Waals surface area (Å²) in [4.78, 5) is 33.7. The Morgan fingerprint density at radius 3 is 2.86 bits per heavy atom. The van der Waals surface area contributed by atoms with E-state index in [-0.39, 0.29) is 11.7 Å². The van der Waals surface area contributed by atoms with Crippen LogP contribution in [0.4, 0.5) is 5.82 Å². The average molecular weight is 282 g/mol. The quantitative estimate of drug-likeness (QED) is 0.626. The molecule has 0 N–H and O–H groups in total. The van der Waals surface area contributed by atoms with Crippen LogP contribution in [0.1, 0.15) is 19.8 Å². The van der Waals surface area contributed by atoms with Crippen molar-refractivity contribution in [3.8, 4) is 0 Å². The Labute approximate surface area is 122 Å².